The number of likely N-dealkylation sites (tertiary alicyclic amines) is 1. The largest absolute Gasteiger partial charge is 0.342 e. The molecule has 2 aliphatic carbocycles. The van der Waals surface area contributed by atoms with E-state index in [1.165, 1.54) is 5.56 Å². The maximum Gasteiger partial charge on any atom is 0.230 e. The Morgan fingerprint density at radius 2 is 1.51 bits per heavy atom. The monoisotopic (exact) mass is 497 g/mol. The van der Waals surface area contributed by atoms with Crippen LogP contribution in [0.3, 0.4) is 0 Å². The zero-order valence-corrected chi connectivity index (χ0v) is 21.4. The highest BCUT2D eigenvalue weighted by Gasteiger charge is 2.59. The van der Waals surface area contributed by atoms with Crippen molar-refractivity contribution in [2.75, 3.05) is 45.8 Å². The van der Waals surface area contributed by atoms with E-state index in [0.717, 1.165) is 57.5 Å². The SMILES string of the molecule is O=C1C[C@H](C(=O)N2CCC3(CC2)C[C@@H]3C(=O)N2CCN(C/C=C/c3ccccc3)CC2)c2ccccc21. The van der Waals surface area contributed by atoms with E-state index in [0.29, 0.717) is 24.6 Å². The Kier molecular flexibility index (Phi) is 6.45. The van der Waals surface area contributed by atoms with Gasteiger partial charge in [-0.1, -0.05) is 66.7 Å². The molecule has 6 heteroatoms. The van der Waals surface area contributed by atoms with Crippen molar-refractivity contribution in [1.82, 2.24) is 14.7 Å². The number of piperazine rings is 1. The number of fused-ring (bicyclic) bond motifs is 1. The second-order valence-electron chi connectivity index (χ2n) is 11.2. The van der Waals surface area contributed by atoms with Crippen molar-refractivity contribution in [1.29, 1.82) is 0 Å². The van der Waals surface area contributed by atoms with Gasteiger partial charge in [0.05, 0.1) is 5.92 Å². The standard InChI is InChI=1S/C31H35N3O3/c35-28-21-26(24-10-4-5-11-25(24)28)29(36)33-15-12-31(13-16-33)22-27(31)30(37)34-19-17-32(18-20-34)14-6-9-23-7-2-1-3-8-23/h1-11,26-27H,12-22H2/b9-6+/t26-,27+/m0/s1. The summed E-state index contributed by atoms with van der Waals surface area (Å²) < 4.78 is 0. The lowest BCUT2D eigenvalue weighted by Gasteiger charge is -2.36. The van der Waals surface area contributed by atoms with E-state index in [1.807, 2.05) is 47.4 Å². The summed E-state index contributed by atoms with van der Waals surface area (Å²) in [7, 11) is 0. The topological polar surface area (TPSA) is 60.9 Å². The molecule has 37 heavy (non-hydrogen) atoms. The molecule has 0 unspecified atom stereocenters. The van der Waals surface area contributed by atoms with Gasteiger partial charge < -0.3 is 9.80 Å². The Labute approximate surface area is 218 Å². The van der Waals surface area contributed by atoms with Crippen LogP contribution in [0.15, 0.2) is 60.7 Å². The number of amides is 2. The second kappa shape index (κ2) is 9.90. The summed E-state index contributed by atoms with van der Waals surface area (Å²) in [6.45, 7) is 5.71. The highest BCUT2D eigenvalue weighted by Crippen LogP contribution is 2.60. The van der Waals surface area contributed by atoms with Crippen LogP contribution in [0.2, 0.25) is 0 Å². The minimum absolute atomic E-state index is 0.0718. The minimum Gasteiger partial charge on any atom is -0.342 e. The number of hydrogen-bond acceptors (Lipinski definition) is 4. The zero-order valence-electron chi connectivity index (χ0n) is 21.4. The van der Waals surface area contributed by atoms with Crippen LogP contribution in [0, 0.1) is 11.3 Å². The molecule has 192 valence electrons. The van der Waals surface area contributed by atoms with Crippen molar-refractivity contribution in [2.45, 2.75) is 31.6 Å². The van der Waals surface area contributed by atoms with Crippen LogP contribution < -0.4 is 0 Å². The fraction of sp³-hybridized carbons (Fsp3) is 0.452. The van der Waals surface area contributed by atoms with E-state index in [4.69, 9.17) is 0 Å². The highest BCUT2D eigenvalue weighted by atomic mass is 16.2. The number of carbonyl (C=O) groups is 3. The summed E-state index contributed by atoms with van der Waals surface area (Å²) in [5.41, 5.74) is 2.87. The van der Waals surface area contributed by atoms with E-state index in [1.54, 1.807) is 0 Å². The molecule has 2 aliphatic heterocycles. The minimum atomic E-state index is -0.340. The Hall–Kier alpha value is -3.25. The lowest BCUT2D eigenvalue weighted by molar-refractivity contribution is -0.136. The fourth-order valence-corrected chi connectivity index (χ4v) is 6.60. The Morgan fingerprint density at radius 3 is 2.27 bits per heavy atom. The molecule has 0 radical (unpaired) electrons. The maximum absolute atomic E-state index is 13.3. The molecule has 2 atom stereocenters. The first-order chi connectivity index (χ1) is 18.0. The number of ketones is 1. The molecule has 6 rings (SSSR count). The molecule has 2 amide bonds. The van der Waals surface area contributed by atoms with Crippen molar-refractivity contribution in [3.8, 4) is 0 Å². The number of benzene rings is 2. The van der Waals surface area contributed by atoms with Gasteiger partial charge in [-0.3, -0.25) is 19.3 Å². The third-order valence-corrected chi connectivity index (χ3v) is 9.04. The molecule has 0 bridgehead atoms. The number of rotatable bonds is 5. The zero-order chi connectivity index (χ0) is 25.4. The van der Waals surface area contributed by atoms with Gasteiger partial charge in [-0.25, -0.2) is 0 Å². The quantitative estimate of drug-likeness (QED) is 0.630. The number of nitrogens with zero attached hydrogens (tertiary/aromatic N) is 3. The van der Waals surface area contributed by atoms with E-state index < -0.39 is 0 Å². The average Bonchev–Trinajstić information content (AvgIpc) is 3.53. The molecular formula is C31H35N3O3. The summed E-state index contributed by atoms with van der Waals surface area (Å²) in [6, 6.07) is 17.9. The molecule has 2 aromatic rings. The van der Waals surface area contributed by atoms with Crippen molar-refractivity contribution >= 4 is 23.7 Å². The van der Waals surface area contributed by atoms with Crippen LogP contribution in [0.25, 0.3) is 6.08 Å². The van der Waals surface area contributed by atoms with Crippen LogP contribution in [-0.4, -0.2) is 78.1 Å². The van der Waals surface area contributed by atoms with Crippen LogP contribution in [0.1, 0.15) is 53.1 Å². The second-order valence-corrected chi connectivity index (χ2v) is 11.2. The smallest absolute Gasteiger partial charge is 0.230 e. The van der Waals surface area contributed by atoms with Crippen molar-refractivity contribution < 1.29 is 14.4 Å². The normalized spacial score (nSPS) is 25.0. The van der Waals surface area contributed by atoms with Gasteiger partial charge >= 0.3 is 0 Å². The first-order valence-electron chi connectivity index (χ1n) is 13.7. The van der Waals surface area contributed by atoms with Crippen LogP contribution in [0.4, 0.5) is 0 Å². The number of carbonyl (C=O) groups excluding carboxylic acids is 3. The van der Waals surface area contributed by atoms with Crippen molar-refractivity contribution in [3.05, 3.63) is 77.4 Å². The number of hydrogen-bond donors (Lipinski definition) is 0. The molecule has 3 fully saturated rings. The number of Topliss-reactive ketones (excluding diaryl/α,β-unsaturated/α-hetero) is 1. The first kappa shape index (κ1) is 24.1. The third kappa shape index (κ3) is 4.75. The van der Waals surface area contributed by atoms with Gasteiger partial charge in [-0.15, -0.1) is 0 Å². The van der Waals surface area contributed by atoms with E-state index in [9.17, 15) is 14.4 Å². The predicted molar refractivity (Wildman–Crippen MR) is 143 cm³/mol. The molecule has 1 spiro atoms. The average molecular weight is 498 g/mol. The lowest BCUT2D eigenvalue weighted by Crippen LogP contribution is -2.50. The maximum atomic E-state index is 13.3. The van der Waals surface area contributed by atoms with Gasteiger partial charge in [0.1, 0.15) is 0 Å². The lowest BCUT2D eigenvalue weighted by atomic mass is 9.89. The van der Waals surface area contributed by atoms with Crippen LogP contribution in [-0.2, 0) is 9.59 Å². The van der Waals surface area contributed by atoms with E-state index >= 15 is 0 Å². The summed E-state index contributed by atoms with van der Waals surface area (Å²) in [5, 5.41) is 0. The van der Waals surface area contributed by atoms with Gasteiger partial charge in [0, 0.05) is 63.7 Å². The van der Waals surface area contributed by atoms with Crippen LogP contribution in [0.5, 0.6) is 0 Å². The highest BCUT2D eigenvalue weighted by molar-refractivity contribution is 6.06. The molecular weight excluding hydrogens is 462 g/mol. The van der Waals surface area contributed by atoms with Gasteiger partial charge in [-0.2, -0.15) is 0 Å². The summed E-state index contributed by atoms with van der Waals surface area (Å²) in [4.78, 5) is 45.4. The van der Waals surface area contributed by atoms with Gasteiger partial charge in [-0.05, 0) is 35.8 Å². The third-order valence-electron chi connectivity index (χ3n) is 9.04. The summed E-state index contributed by atoms with van der Waals surface area (Å²) in [6.07, 6.45) is 7.39. The van der Waals surface area contributed by atoms with Crippen LogP contribution >= 0.6 is 0 Å². The Morgan fingerprint density at radius 1 is 0.838 bits per heavy atom. The van der Waals surface area contributed by atoms with Gasteiger partial charge in [0.15, 0.2) is 5.78 Å². The molecule has 1 saturated carbocycles. The van der Waals surface area contributed by atoms with Crippen molar-refractivity contribution in [3.63, 3.8) is 0 Å². The molecule has 2 heterocycles. The molecule has 0 aromatic heterocycles. The van der Waals surface area contributed by atoms with Crippen molar-refractivity contribution in [2.24, 2.45) is 11.3 Å². The van der Waals surface area contributed by atoms with E-state index in [-0.39, 0.29) is 35.4 Å². The molecule has 6 nitrogen and oxygen atoms in total. The molecule has 0 N–H and O–H groups in total. The predicted octanol–water partition coefficient (Wildman–Crippen LogP) is 3.84. The van der Waals surface area contributed by atoms with Gasteiger partial charge in [0.2, 0.25) is 11.8 Å². The first-order valence-corrected chi connectivity index (χ1v) is 13.7. The number of piperidine rings is 1. The fourth-order valence-electron chi connectivity index (χ4n) is 6.60. The molecule has 2 aromatic carbocycles. The Bertz CT molecular complexity index is 1210. The van der Waals surface area contributed by atoms with E-state index in [2.05, 4.69) is 34.1 Å². The van der Waals surface area contributed by atoms with Gasteiger partial charge in [0.25, 0.3) is 0 Å². The molecule has 4 aliphatic rings. The summed E-state index contributed by atoms with van der Waals surface area (Å²) >= 11 is 0. The Balaban J connectivity index is 0.970. The molecule has 2 saturated heterocycles. The summed E-state index contributed by atoms with van der Waals surface area (Å²) in [5.74, 6) is 0.238.